The van der Waals surface area contributed by atoms with E-state index in [-0.39, 0.29) is 11.9 Å². The van der Waals surface area contributed by atoms with Crippen molar-refractivity contribution < 1.29 is 13.2 Å². The van der Waals surface area contributed by atoms with Crippen LogP contribution in [0.15, 0.2) is 65.9 Å². The van der Waals surface area contributed by atoms with Gasteiger partial charge in [-0.25, -0.2) is 13.4 Å². The third kappa shape index (κ3) is 4.12. The zero-order valence-corrected chi connectivity index (χ0v) is 16.8. The van der Waals surface area contributed by atoms with E-state index in [0.717, 1.165) is 34.0 Å². The topological polar surface area (TPSA) is 91.7 Å². The summed E-state index contributed by atoms with van der Waals surface area (Å²) < 4.78 is 25.2. The highest BCUT2D eigenvalue weighted by Crippen LogP contribution is 2.34. The molecule has 0 saturated heterocycles. The lowest BCUT2D eigenvalue weighted by atomic mass is 9.97. The number of rotatable bonds is 4. The molecule has 0 bridgehead atoms. The van der Waals surface area contributed by atoms with E-state index in [0.29, 0.717) is 12.1 Å². The molecule has 0 spiro atoms. The van der Waals surface area contributed by atoms with Crippen LogP contribution in [0.5, 0.6) is 0 Å². The molecule has 1 aromatic heterocycles. The number of nitrogens with zero attached hydrogens (tertiary/aromatic N) is 3. The molecule has 1 aliphatic heterocycles. The van der Waals surface area contributed by atoms with Gasteiger partial charge in [-0.1, -0.05) is 24.3 Å². The first-order valence-electron chi connectivity index (χ1n) is 9.10. The maximum atomic E-state index is 12.2. The number of sulfonamides is 1. The van der Waals surface area contributed by atoms with Gasteiger partial charge in [0.2, 0.25) is 15.9 Å². The summed E-state index contributed by atoms with van der Waals surface area (Å²) in [5, 5.41) is 7.07. The van der Waals surface area contributed by atoms with E-state index in [1.165, 1.54) is 11.9 Å². The van der Waals surface area contributed by atoms with E-state index in [1.54, 1.807) is 30.5 Å². The minimum atomic E-state index is -3.33. The van der Waals surface area contributed by atoms with Crippen LogP contribution in [0, 0.1) is 0 Å². The number of aromatic nitrogens is 1. The van der Waals surface area contributed by atoms with E-state index in [1.807, 2.05) is 30.3 Å². The number of hydrazone groups is 1. The van der Waals surface area contributed by atoms with Gasteiger partial charge in [0, 0.05) is 30.6 Å². The summed E-state index contributed by atoms with van der Waals surface area (Å²) in [7, 11) is -3.33. The lowest BCUT2D eigenvalue weighted by molar-refractivity contribution is -0.130. The molecule has 2 aromatic carbocycles. The van der Waals surface area contributed by atoms with Gasteiger partial charge in [0.05, 0.1) is 23.5 Å². The number of carbonyl (C=O) groups is 1. The highest BCUT2D eigenvalue weighted by Gasteiger charge is 2.31. The van der Waals surface area contributed by atoms with Gasteiger partial charge in [-0.3, -0.25) is 14.5 Å². The summed E-state index contributed by atoms with van der Waals surface area (Å²) >= 11 is 0. The van der Waals surface area contributed by atoms with Gasteiger partial charge in [0.1, 0.15) is 0 Å². The Morgan fingerprint density at radius 3 is 2.59 bits per heavy atom. The maximum Gasteiger partial charge on any atom is 0.240 e. The van der Waals surface area contributed by atoms with E-state index >= 15 is 0 Å². The third-order valence-electron chi connectivity index (χ3n) is 4.77. The molecule has 0 saturated carbocycles. The fourth-order valence-electron chi connectivity index (χ4n) is 3.48. The average Bonchev–Trinajstić information content (AvgIpc) is 3.13. The van der Waals surface area contributed by atoms with Gasteiger partial charge in [-0.2, -0.15) is 5.10 Å². The Balaban J connectivity index is 1.63. The van der Waals surface area contributed by atoms with Crippen LogP contribution in [0.2, 0.25) is 0 Å². The third-order valence-corrected chi connectivity index (χ3v) is 5.37. The molecule has 0 radical (unpaired) electrons. The Morgan fingerprint density at radius 1 is 1.14 bits per heavy atom. The molecule has 7 nitrogen and oxygen atoms in total. The first-order valence-corrected chi connectivity index (χ1v) is 11.0. The van der Waals surface area contributed by atoms with Gasteiger partial charge in [-0.15, -0.1) is 0 Å². The summed E-state index contributed by atoms with van der Waals surface area (Å²) in [6.45, 7) is 1.50. The number of hydrogen-bond acceptors (Lipinski definition) is 5. The standard InChI is InChI=1S/C21H20N4O3S/c1-14(26)25-21(17-7-10-19-16(12-17)4-3-11-22-19)13-20(23-25)15-5-8-18(9-6-15)24-29(2,27)28/h3-12,21,24H,13H2,1-2H3/t21-/m0/s1. The van der Waals surface area contributed by atoms with Crippen molar-refractivity contribution in [2.75, 3.05) is 11.0 Å². The number of benzene rings is 2. The maximum absolute atomic E-state index is 12.2. The molecule has 0 aliphatic carbocycles. The van der Waals surface area contributed by atoms with Crippen LogP contribution < -0.4 is 4.72 Å². The molecule has 148 valence electrons. The summed E-state index contributed by atoms with van der Waals surface area (Å²) in [5.74, 6) is -0.133. The van der Waals surface area contributed by atoms with Gasteiger partial charge < -0.3 is 0 Å². The summed E-state index contributed by atoms with van der Waals surface area (Å²) in [6.07, 6.45) is 3.43. The number of hydrogen-bond donors (Lipinski definition) is 1. The van der Waals surface area contributed by atoms with Gasteiger partial charge in [0.15, 0.2) is 0 Å². The summed E-state index contributed by atoms with van der Waals surface area (Å²) in [5.41, 5.74) is 4.01. The molecule has 1 N–H and O–H groups in total. The molecular weight excluding hydrogens is 388 g/mol. The highest BCUT2D eigenvalue weighted by molar-refractivity contribution is 7.92. The number of pyridine rings is 1. The number of carbonyl (C=O) groups excluding carboxylic acids is 1. The Morgan fingerprint density at radius 2 is 1.90 bits per heavy atom. The van der Waals surface area contributed by atoms with Crippen LogP contribution in [-0.4, -0.2) is 36.3 Å². The molecule has 3 aromatic rings. The van der Waals surface area contributed by atoms with Crippen molar-refractivity contribution in [3.8, 4) is 0 Å². The van der Waals surface area contributed by atoms with E-state index in [9.17, 15) is 13.2 Å². The van der Waals surface area contributed by atoms with Crippen LogP contribution in [0.1, 0.15) is 30.5 Å². The number of amides is 1. The highest BCUT2D eigenvalue weighted by atomic mass is 32.2. The van der Waals surface area contributed by atoms with Gasteiger partial charge in [0.25, 0.3) is 0 Å². The Kier molecular flexibility index (Phi) is 4.79. The largest absolute Gasteiger partial charge is 0.284 e. The number of nitrogens with one attached hydrogen (secondary N) is 1. The first-order chi connectivity index (χ1) is 13.8. The van der Waals surface area contributed by atoms with E-state index < -0.39 is 10.0 Å². The SMILES string of the molecule is CC(=O)N1N=C(c2ccc(NS(C)(=O)=O)cc2)C[C@H]1c1ccc2ncccc2c1. The monoisotopic (exact) mass is 408 g/mol. The summed E-state index contributed by atoms with van der Waals surface area (Å²) in [6, 6.07) is 16.6. The molecular formula is C21H20N4O3S. The van der Waals surface area contributed by atoms with E-state index in [4.69, 9.17) is 0 Å². The molecule has 0 unspecified atom stereocenters. The molecule has 29 heavy (non-hydrogen) atoms. The second-order valence-corrected chi connectivity index (χ2v) is 8.79. The van der Waals surface area contributed by atoms with Gasteiger partial charge >= 0.3 is 0 Å². The minimum Gasteiger partial charge on any atom is -0.284 e. The zero-order valence-electron chi connectivity index (χ0n) is 16.0. The smallest absolute Gasteiger partial charge is 0.240 e. The van der Waals surface area contributed by atoms with Crippen molar-refractivity contribution in [2.24, 2.45) is 5.10 Å². The van der Waals surface area contributed by atoms with Crippen LogP contribution in [0.4, 0.5) is 5.69 Å². The van der Waals surface area contributed by atoms with E-state index in [2.05, 4.69) is 14.8 Å². The molecule has 1 amide bonds. The van der Waals surface area contributed by atoms with Crippen molar-refractivity contribution >= 4 is 38.2 Å². The zero-order chi connectivity index (χ0) is 20.6. The molecule has 4 rings (SSSR count). The quantitative estimate of drug-likeness (QED) is 0.717. The van der Waals surface area contributed by atoms with Crippen LogP contribution >= 0.6 is 0 Å². The fraction of sp³-hybridized carbons (Fsp3) is 0.190. The Bertz CT molecular complexity index is 1220. The van der Waals surface area contributed by atoms with Crippen molar-refractivity contribution in [1.29, 1.82) is 0 Å². The number of fused-ring (bicyclic) bond motifs is 1. The van der Waals surface area contributed by atoms with Crippen LogP contribution in [0.25, 0.3) is 10.9 Å². The fourth-order valence-corrected chi connectivity index (χ4v) is 4.05. The number of anilines is 1. The predicted molar refractivity (Wildman–Crippen MR) is 113 cm³/mol. The lowest BCUT2D eigenvalue weighted by Crippen LogP contribution is -2.24. The lowest BCUT2D eigenvalue weighted by Gasteiger charge is -2.20. The van der Waals surface area contributed by atoms with Crippen molar-refractivity contribution in [1.82, 2.24) is 9.99 Å². The second kappa shape index (κ2) is 7.29. The predicted octanol–water partition coefficient (Wildman–Crippen LogP) is 3.30. The van der Waals surface area contributed by atoms with Gasteiger partial charge in [-0.05, 0) is 41.5 Å². The van der Waals surface area contributed by atoms with Crippen LogP contribution in [0.3, 0.4) is 0 Å². The minimum absolute atomic E-state index is 0.133. The van der Waals surface area contributed by atoms with Crippen LogP contribution in [-0.2, 0) is 14.8 Å². The molecule has 1 aliphatic rings. The summed E-state index contributed by atoms with van der Waals surface area (Å²) in [4.78, 5) is 16.6. The van der Waals surface area contributed by atoms with Crippen molar-refractivity contribution in [2.45, 2.75) is 19.4 Å². The molecule has 0 fully saturated rings. The second-order valence-electron chi connectivity index (χ2n) is 7.04. The Hall–Kier alpha value is -3.26. The normalized spacial score (nSPS) is 16.7. The molecule has 2 heterocycles. The first kappa shape index (κ1) is 19.1. The molecule has 8 heteroatoms. The average molecular weight is 408 g/mol. The van der Waals surface area contributed by atoms with Crippen molar-refractivity contribution in [3.63, 3.8) is 0 Å². The Labute approximate surface area is 169 Å². The molecule has 1 atom stereocenters. The van der Waals surface area contributed by atoms with Crippen molar-refractivity contribution in [3.05, 3.63) is 71.9 Å².